The highest BCUT2D eigenvalue weighted by atomic mass is 16.5. The Bertz CT molecular complexity index is 823. The lowest BCUT2D eigenvalue weighted by atomic mass is 10.1. The molecule has 1 aliphatic rings. The van der Waals surface area contributed by atoms with E-state index in [1.54, 1.807) is 0 Å². The van der Waals surface area contributed by atoms with Crippen molar-refractivity contribution in [2.45, 2.75) is 12.5 Å². The molecule has 1 atom stereocenters. The van der Waals surface area contributed by atoms with Crippen LogP contribution in [0.2, 0.25) is 0 Å². The Balaban J connectivity index is 1.58. The predicted molar refractivity (Wildman–Crippen MR) is 90.4 cm³/mol. The van der Waals surface area contributed by atoms with E-state index in [0.29, 0.717) is 6.61 Å². The highest BCUT2D eigenvalue weighted by molar-refractivity contribution is 5.99. The fourth-order valence-corrected chi connectivity index (χ4v) is 2.89. The fourth-order valence-electron chi connectivity index (χ4n) is 2.89. The molecule has 0 amide bonds. The number of hydrogen-bond donors (Lipinski definition) is 0. The van der Waals surface area contributed by atoms with Gasteiger partial charge in [-0.1, -0.05) is 60.7 Å². The van der Waals surface area contributed by atoms with Crippen molar-refractivity contribution in [3.63, 3.8) is 0 Å². The standard InChI is InChI=1S/C20H17NO/c1-2-6-15(7-3-1)12-19-14-22-20(21-19)18-11-10-16-8-4-5-9-17(16)13-18/h1-11,13,19H,12,14H2. The molecule has 0 saturated heterocycles. The molecule has 2 nitrogen and oxygen atoms in total. The lowest BCUT2D eigenvalue weighted by Crippen LogP contribution is -2.09. The summed E-state index contributed by atoms with van der Waals surface area (Å²) >= 11 is 0. The van der Waals surface area contributed by atoms with Crippen LogP contribution in [0.4, 0.5) is 0 Å². The molecule has 2 heteroatoms. The van der Waals surface area contributed by atoms with Gasteiger partial charge in [-0.2, -0.15) is 0 Å². The van der Waals surface area contributed by atoms with Crippen molar-refractivity contribution in [1.29, 1.82) is 0 Å². The summed E-state index contributed by atoms with van der Waals surface area (Å²) in [5, 5.41) is 2.46. The highest BCUT2D eigenvalue weighted by Gasteiger charge is 2.20. The second-order valence-electron chi connectivity index (χ2n) is 5.65. The monoisotopic (exact) mass is 287 g/mol. The van der Waals surface area contributed by atoms with Gasteiger partial charge >= 0.3 is 0 Å². The maximum absolute atomic E-state index is 5.82. The summed E-state index contributed by atoms with van der Waals surface area (Å²) in [7, 11) is 0. The van der Waals surface area contributed by atoms with Crippen molar-refractivity contribution in [2.75, 3.05) is 6.61 Å². The van der Waals surface area contributed by atoms with Gasteiger partial charge in [0.05, 0.1) is 6.04 Å². The summed E-state index contributed by atoms with van der Waals surface area (Å²) in [6, 6.07) is 25.4. The van der Waals surface area contributed by atoms with Crippen molar-refractivity contribution in [1.82, 2.24) is 0 Å². The van der Waals surface area contributed by atoms with Crippen LogP contribution in [0.3, 0.4) is 0 Å². The molecule has 0 bridgehead atoms. The van der Waals surface area contributed by atoms with Gasteiger partial charge in [0.2, 0.25) is 5.90 Å². The van der Waals surface area contributed by atoms with Gasteiger partial charge in [-0.25, -0.2) is 4.99 Å². The first-order valence-corrected chi connectivity index (χ1v) is 7.62. The average Bonchev–Trinajstić information content (AvgIpc) is 3.04. The molecule has 1 aliphatic heterocycles. The zero-order valence-corrected chi connectivity index (χ0v) is 12.3. The molecule has 1 heterocycles. The van der Waals surface area contributed by atoms with Crippen LogP contribution < -0.4 is 0 Å². The van der Waals surface area contributed by atoms with Gasteiger partial charge < -0.3 is 4.74 Å². The fraction of sp³-hybridized carbons (Fsp3) is 0.150. The molecule has 0 N–H and O–H groups in total. The Morgan fingerprint density at radius 2 is 1.64 bits per heavy atom. The summed E-state index contributed by atoms with van der Waals surface area (Å²) in [5.41, 5.74) is 2.37. The van der Waals surface area contributed by atoms with E-state index in [1.807, 2.05) is 6.07 Å². The number of aliphatic imine (C=N–C) groups is 1. The third kappa shape index (κ3) is 2.60. The number of hydrogen-bond acceptors (Lipinski definition) is 2. The second-order valence-corrected chi connectivity index (χ2v) is 5.65. The SMILES string of the molecule is c1ccc(CC2COC(c3ccc4ccccc4c3)=N2)cc1. The topological polar surface area (TPSA) is 21.6 Å². The van der Waals surface area contributed by atoms with Crippen molar-refractivity contribution in [2.24, 2.45) is 4.99 Å². The molecule has 4 rings (SSSR count). The van der Waals surface area contributed by atoms with Gasteiger partial charge in [-0.15, -0.1) is 0 Å². The lowest BCUT2D eigenvalue weighted by molar-refractivity contribution is 0.317. The smallest absolute Gasteiger partial charge is 0.216 e. The quantitative estimate of drug-likeness (QED) is 0.706. The molecule has 108 valence electrons. The molecule has 22 heavy (non-hydrogen) atoms. The highest BCUT2D eigenvalue weighted by Crippen LogP contribution is 2.20. The molecule has 0 radical (unpaired) electrons. The van der Waals surface area contributed by atoms with Crippen molar-refractivity contribution < 1.29 is 4.74 Å². The first kappa shape index (κ1) is 13.1. The lowest BCUT2D eigenvalue weighted by Gasteiger charge is -2.04. The molecule has 0 aromatic heterocycles. The zero-order chi connectivity index (χ0) is 14.8. The minimum absolute atomic E-state index is 0.212. The van der Waals surface area contributed by atoms with Crippen LogP contribution in [-0.4, -0.2) is 18.5 Å². The largest absolute Gasteiger partial charge is 0.475 e. The van der Waals surface area contributed by atoms with Crippen LogP contribution in [-0.2, 0) is 11.2 Å². The third-order valence-corrected chi connectivity index (χ3v) is 4.02. The number of benzene rings is 3. The van der Waals surface area contributed by atoms with Crippen LogP contribution in [0.25, 0.3) is 10.8 Å². The number of ether oxygens (including phenoxy) is 1. The summed E-state index contributed by atoms with van der Waals surface area (Å²) in [6.07, 6.45) is 0.928. The molecule has 0 aliphatic carbocycles. The van der Waals surface area contributed by atoms with Gasteiger partial charge in [0.15, 0.2) is 0 Å². The molecule has 3 aromatic carbocycles. The third-order valence-electron chi connectivity index (χ3n) is 4.02. The number of fused-ring (bicyclic) bond motifs is 1. The van der Waals surface area contributed by atoms with E-state index in [1.165, 1.54) is 16.3 Å². The normalized spacial score (nSPS) is 17.3. The molecule has 0 fully saturated rings. The number of rotatable bonds is 3. The van der Waals surface area contributed by atoms with E-state index < -0.39 is 0 Å². The molecule has 3 aromatic rings. The summed E-state index contributed by atoms with van der Waals surface area (Å²) in [6.45, 7) is 0.664. The first-order chi connectivity index (χ1) is 10.9. The predicted octanol–water partition coefficient (Wildman–Crippen LogP) is 4.23. The molecular weight excluding hydrogens is 270 g/mol. The van der Waals surface area contributed by atoms with Gasteiger partial charge in [0.25, 0.3) is 0 Å². The molecule has 0 saturated carbocycles. The first-order valence-electron chi connectivity index (χ1n) is 7.62. The van der Waals surface area contributed by atoms with Crippen LogP contribution >= 0.6 is 0 Å². The van der Waals surface area contributed by atoms with E-state index in [9.17, 15) is 0 Å². The second kappa shape index (κ2) is 5.64. The van der Waals surface area contributed by atoms with E-state index in [4.69, 9.17) is 9.73 Å². The Labute approximate surface area is 130 Å². The van der Waals surface area contributed by atoms with Gasteiger partial charge in [0, 0.05) is 5.56 Å². The Hall–Kier alpha value is -2.61. The Morgan fingerprint density at radius 3 is 2.50 bits per heavy atom. The van der Waals surface area contributed by atoms with Crippen molar-refractivity contribution in [3.8, 4) is 0 Å². The molecule has 1 unspecified atom stereocenters. The van der Waals surface area contributed by atoms with Crippen LogP contribution in [0.15, 0.2) is 77.8 Å². The summed E-state index contributed by atoms with van der Waals surface area (Å²) in [4.78, 5) is 4.75. The van der Waals surface area contributed by atoms with Crippen LogP contribution in [0.5, 0.6) is 0 Å². The van der Waals surface area contributed by atoms with Gasteiger partial charge in [-0.05, 0) is 34.9 Å². The van der Waals surface area contributed by atoms with E-state index in [-0.39, 0.29) is 6.04 Å². The minimum atomic E-state index is 0.212. The van der Waals surface area contributed by atoms with Crippen molar-refractivity contribution >= 4 is 16.7 Å². The van der Waals surface area contributed by atoms with Crippen molar-refractivity contribution in [3.05, 3.63) is 83.9 Å². The average molecular weight is 287 g/mol. The molecular formula is C20H17NO. The maximum Gasteiger partial charge on any atom is 0.216 e. The van der Waals surface area contributed by atoms with E-state index in [2.05, 4.69) is 66.7 Å². The van der Waals surface area contributed by atoms with Gasteiger partial charge in [-0.3, -0.25) is 0 Å². The van der Waals surface area contributed by atoms with E-state index >= 15 is 0 Å². The van der Waals surface area contributed by atoms with Gasteiger partial charge in [0.1, 0.15) is 6.61 Å². The zero-order valence-electron chi connectivity index (χ0n) is 12.3. The van der Waals surface area contributed by atoms with E-state index in [0.717, 1.165) is 17.9 Å². The minimum Gasteiger partial charge on any atom is -0.475 e. The van der Waals surface area contributed by atoms with Crippen LogP contribution in [0.1, 0.15) is 11.1 Å². The molecule has 0 spiro atoms. The summed E-state index contributed by atoms with van der Waals surface area (Å²) < 4.78 is 5.82. The Morgan fingerprint density at radius 1 is 0.864 bits per heavy atom. The summed E-state index contributed by atoms with van der Waals surface area (Å²) in [5.74, 6) is 0.770. The maximum atomic E-state index is 5.82. The van der Waals surface area contributed by atoms with Crippen LogP contribution in [0, 0.1) is 0 Å². The Kier molecular flexibility index (Phi) is 3.36. The number of nitrogens with zero attached hydrogens (tertiary/aromatic N) is 1.